The summed E-state index contributed by atoms with van der Waals surface area (Å²) in [5.41, 5.74) is 0.597. The molecule has 0 atom stereocenters. The molecule has 114 valence electrons. The summed E-state index contributed by atoms with van der Waals surface area (Å²) in [6, 6.07) is 9.50. The number of benzene rings is 1. The van der Waals surface area contributed by atoms with Crippen LogP contribution in [0.25, 0.3) is 0 Å². The fraction of sp³-hybridized carbons (Fsp3) is 0.588. The number of likely N-dealkylation sites (N-methyl/N-ethyl adjacent to an activating group) is 1. The van der Waals surface area contributed by atoms with Crippen molar-refractivity contribution in [1.82, 2.24) is 4.90 Å². The number of hydrogen-bond donors (Lipinski definition) is 0. The van der Waals surface area contributed by atoms with E-state index in [1.807, 2.05) is 18.2 Å². The van der Waals surface area contributed by atoms with Gasteiger partial charge in [-0.05, 0) is 44.4 Å². The van der Waals surface area contributed by atoms with Crippen molar-refractivity contribution in [2.45, 2.75) is 19.3 Å². The molecule has 0 amide bonds. The quantitative estimate of drug-likeness (QED) is 0.621. The van der Waals surface area contributed by atoms with Gasteiger partial charge in [0.1, 0.15) is 11.8 Å². The van der Waals surface area contributed by atoms with Gasteiger partial charge in [-0.3, -0.25) is 0 Å². The highest BCUT2D eigenvalue weighted by molar-refractivity contribution is 5.42. The normalized spacial score (nSPS) is 14.1. The second-order valence-electron chi connectivity index (χ2n) is 5.63. The van der Waals surface area contributed by atoms with Gasteiger partial charge in [0.05, 0.1) is 18.8 Å². The summed E-state index contributed by atoms with van der Waals surface area (Å²) in [6.07, 6.45) is 3.63. The average Bonchev–Trinajstić information content (AvgIpc) is 3.33. The second-order valence-corrected chi connectivity index (χ2v) is 5.63. The van der Waals surface area contributed by atoms with E-state index >= 15 is 0 Å². The van der Waals surface area contributed by atoms with Crippen molar-refractivity contribution in [2.24, 2.45) is 5.92 Å². The van der Waals surface area contributed by atoms with Crippen LogP contribution in [0.2, 0.25) is 0 Å². The van der Waals surface area contributed by atoms with Gasteiger partial charge in [-0.1, -0.05) is 12.1 Å². The Morgan fingerprint density at radius 2 is 2.05 bits per heavy atom. The zero-order chi connectivity index (χ0) is 14.9. The van der Waals surface area contributed by atoms with Gasteiger partial charge in [-0.25, -0.2) is 0 Å². The van der Waals surface area contributed by atoms with E-state index in [0.29, 0.717) is 17.9 Å². The Labute approximate surface area is 127 Å². The number of ether oxygens (including phenoxy) is 2. The SMILES string of the molecule is CN(CCCOc1ccccc1C#N)CCOCC1CC1. The monoisotopic (exact) mass is 288 g/mol. The molecule has 0 N–H and O–H groups in total. The molecular weight excluding hydrogens is 264 g/mol. The molecule has 0 radical (unpaired) electrons. The molecule has 0 aromatic heterocycles. The van der Waals surface area contributed by atoms with Crippen LogP contribution < -0.4 is 4.74 Å². The summed E-state index contributed by atoms with van der Waals surface area (Å²) in [5, 5.41) is 8.97. The number of nitriles is 1. The third kappa shape index (κ3) is 6.16. The fourth-order valence-corrected chi connectivity index (χ4v) is 2.07. The zero-order valence-electron chi connectivity index (χ0n) is 12.8. The lowest BCUT2D eigenvalue weighted by molar-refractivity contribution is 0.102. The van der Waals surface area contributed by atoms with Gasteiger partial charge in [0.25, 0.3) is 0 Å². The van der Waals surface area contributed by atoms with E-state index in [1.54, 1.807) is 6.07 Å². The molecule has 0 bridgehead atoms. The molecule has 1 aromatic rings. The van der Waals surface area contributed by atoms with Crippen LogP contribution >= 0.6 is 0 Å². The van der Waals surface area contributed by atoms with E-state index in [9.17, 15) is 0 Å². The molecule has 1 aromatic carbocycles. The van der Waals surface area contributed by atoms with Crippen LogP contribution in [-0.4, -0.2) is 44.9 Å². The maximum Gasteiger partial charge on any atom is 0.137 e. The van der Waals surface area contributed by atoms with Crippen LogP contribution in [0.3, 0.4) is 0 Å². The first-order chi connectivity index (χ1) is 10.3. The summed E-state index contributed by atoms with van der Waals surface area (Å²) in [5.74, 6) is 1.51. The second kappa shape index (κ2) is 8.66. The third-order valence-corrected chi connectivity index (χ3v) is 3.62. The molecule has 1 fully saturated rings. The maximum atomic E-state index is 8.97. The molecule has 0 aliphatic heterocycles. The van der Waals surface area contributed by atoms with Crippen molar-refractivity contribution in [3.63, 3.8) is 0 Å². The lowest BCUT2D eigenvalue weighted by Crippen LogP contribution is -2.25. The highest BCUT2D eigenvalue weighted by Crippen LogP contribution is 2.28. The van der Waals surface area contributed by atoms with Crippen LogP contribution in [0.4, 0.5) is 0 Å². The van der Waals surface area contributed by atoms with E-state index in [2.05, 4.69) is 18.0 Å². The topological polar surface area (TPSA) is 45.5 Å². The predicted molar refractivity (Wildman–Crippen MR) is 82.3 cm³/mol. The van der Waals surface area contributed by atoms with E-state index in [-0.39, 0.29) is 0 Å². The van der Waals surface area contributed by atoms with Gasteiger partial charge >= 0.3 is 0 Å². The van der Waals surface area contributed by atoms with Crippen LogP contribution in [0.15, 0.2) is 24.3 Å². The maximum absolute atomic E-state index is 8.97. The first kappa shape index (κ1) is 15.8. The Kier molecular flexibility index (Phi) is 6.52. The molecule has 4 heteroatoms. The molecule has 4 nitrogen and oxygen atoms in total. The smallest absolute Gasteiger partial charge is 0.137 e. The standard InChI is InChI=1S/C17H24N2O2/c1-19(10-12-20-14-15-7-8-15)9-4-11-21-17-6-3-2-5-16(17)13-18/h2-3,5-6,15H,4,7-12,14H2,1H3. The van der Waals surface area contributed by atoms with Crippen LogP contribution in [0, 0.1) is 17.2 Å². The minimum atomic E-state index is 0.597. The van der Waals surface area contributed by atoms with Crippen molar-refractivity contribution < 1.29 is 9.47 Å². The lowest BCUT2D eigenvalue weighted by Gasteiger charge is -2.16. The van der Waals surface area contributed by atoms with Crippen LogP contribution in [-0.2, 0) is 4.74 Å². The molecule has 2 rings (SSSR count). The molecule has 0 spiro atoms. The Hall–Kier alpha value is -1.57. The molecular formula is C17H24N2O2. The Morgan fingerprint density at radius 3 is 2.81 bits per heavy atom. The summed E-state index contributed by atoms with van der Waals surface area (Å²) >= 11 is 0. The van der Waals surface area contributed by atoms with Crippen molar-refractivity contribution >= 4 is 0 Å². The summed E-state index contributed by atoms with van der Waals surface area (Å²) < 4.78 is 11.3. The van der Waals surface area contributed by atoms with Crippen molar-refractivity contribution in [2.75, 3.05) is 40.0 Å². The van der Waals surface area contributed by atoms with Crippen LogP contribution in [0.1, 0.15) is 24.8 Å². The molecule has 0 saturated heterocycles. The molecule has 0 unspecified atom stereocenters. The fourth-order valence-electron chi connectivity index (χ4n) is 2.07. The molecule has 21 heavy (non-hydrogen) atoms. The van der Waals surface area contributed by atoms with Gasteiger partial charge in [0.2, 0.25) is 0 Å². The number of rotatable bonds is 10. The molecule has 1 saturated carbocycles. The predicted octanol–water partition coefficient (Wildman–Crippen LogP) is 2.69. The van der Waals surface area contributed by atoms with Crippen molar-refractivity contribution in [3.05, 3.63) is 29.8 Å². The van der Waals surface area contributed by atoms with Crippen molar-refractivity contribution in [3.8, 4) is 11.8 Å². The van der Waals surface area contributed by atoms with Gasteiger partial charge in [0, 0.05) is 19.7 Å². The Morgan fingerprint density at radius 1 is 1.24 bits per heavy atom. The number of hydrogen-bond acceptors (Lipinski definition) is 4. The van der Waals surface area contributed by atoms with E-state index < -0.39 is 0 Å². The zero-order valence-corrected chi connectivity index (χ0v) is 12.8. The summed E-state index contributed by atoms with van der Waals surface area (Å²) in [4.78, 5) is 2.26. The Bertz CT molecular complexity index is 466. The minimum absolute atomic E-state index is 0.597. The largest absolute Gasteiger partial charge is 0.492 e. The number of para-hydroxylation sites is 1. The number of nitrogens with zero attached hydrogens (tertiary/aromatic N) is 2. The highest BCUT2D eigenvalue weighted by Gasteiger charge is 2.20. The first-order valence-electron chi connectivity index (χ1n) is 7.68. The van der Waals surface area contributed by atoms with Gasteiger partial charge in [-0.2, -0.15) is 5.26 Å². The molecule has 1 aliphatic carbocycles. The molecule has 0 heterocycles. The highest BCUT2D eigenvalue weighted by atomic mass is 16.5. The summed E-state index contributed by atoms with van der Waals surface area (Å²) in [6.45, 7) is 4.31. The Balaban J connectivity index is 1.53. The third-order valence-electron chi connectivity index (χ3n) is 3.62. The van der Waals surface area contributed by atoms with E-state index in [1.165, 1.54) is 12.8 Å². The van der Waals surface area contributed by atoms with Gasteiger partial charge in [0.15, 0.2) is 0 Å². The van der Waals surface area contributed by atoms with Crippen LogP contribution in [0.5, 0.6) is 5.75 Å². The van der Waals surface area contributed by atoms with E-state index in [4.69, 9.17) is 14.7 Å². The first-order valence-corrected chi connectivity index (χ1v) is 7.68. The van der Waals surface area contributed by atoms with Gasteiger partial charge in [-0.15, -0.1) is 0 Å². The van der Waals surface area contributed by atoms with Crippen molar-refractivity contribution in [1.29, 1.82) is 5.26 Å². The minimum Gasteiger partial charge on any atom is -0.492 e. The van der Waals surface area contributed by atoms with E-state index in [0.717, 1.165) is 38.6 Å². The summed E-state index contributed by atoms with van der Waals surface area (Å²) in [7, 11) is 2.10. The lowest BCUT2D eigenvalue weighted by atomic mass is 10.2. The van der Waals surface area contributed by atoms with Gasteiger partial charge < -0.3 is 14.4 Å². The average molecular weight is 288 g/mol. The molecule has 1 aliphatic rings.